The number of hydrogen-bond donors (Lipinski definition) is 1. The molecule has 0 unspecified atom stereocenters. The summed E-state index contributed by atoms with van der Waals surface area (Å²) >= 11 is 1.61. The number of carbonyl (C=O) groups is 1. The maximum Gasteiger partial charge on any atom is 0.256 e. The van der Waals surface area contributed by atoms with E-state index in [4.69, 9.17) is 0 Å². The van der Waals surface area contributed by atoms with E-state index in [0.29, 0.717) is 12.0 Å². The fourth-order valence-electron chi connectivity index (χ4n) is 4.43. The van der Waals surface area contributed by atoms with Gasteiger partial charge in [-0.3, -0.25) is 9.10 Å². The van der Waals surface area contributed by atoms with Gasteiger partial charge in [-0.15, -0.1) is 0 Å². The molecule has 1 N–H and O–H groups in total. The maximum absolute atomic E-state index is 13.2. The molecule has 3 fully saturated rings. The molecular weight excluding hydrogens is 296 g/mol. The van der Waals surface area contributed by atoms with Crippen molar-refractivity contribution in [3.8, 4) is 0 Å². The zero-order valence-corrected chi connectivity index (χ0v) is 13.3. The summed E-state index contributed by atoms with van der Waals surface area (Å²) in [6, 6.07) is 6.44. The normalized spacial score (nSPS) is 32.7. The molecule has 116 valence electrons. The SMILES string of the molecule is O=C1c2cccc3c2N(CCN1[C@@H]1CN2CCC1CC2)SN3. The predicted molar refractivity (Wildman–Crippen MR) is 89.0 cm³/mol. The summed E-state index contributed by atoms with van der Waals surface area (Å²) < 4.78 is 5.56. The van der Waals surface area contributed by atoms with Crippen molar-refractivity contribution in [1.82, 2.24) is 9.80 Å². The summed E-state index contributed by atoms with van der Waals surface area (Å²) in [5, 5.41) is 0. The average Bonchev–Trinajstić information content (AvgIpc) is 2.93. The van der Waals surface area contributed by atoms with Crippen LogP contribution < -0.4 is 9.03 Å². The number of anilines is 2. The fourth-order valence-corrected chi connectivity index (χ4v) is 5.27. The number of rotatable bonds is 1. The van der Waals surface area contributed by atoms with Gasteiger partial charge in [0.05, 0.1) is 29.1 Å². The van der Waals surface area contributed by atoms with E-state index in [0.717, 1.165) is 36.6 Å². The fraction of sp³-hybridized carbons (Fsp3) is 0.562. The molecule has 1 aromatic carbocycles. The Kier molecular flexibility index (Phi) is 2.85. The largest absolute Gasteiger partial charge is 0.332 e. The summed E-state index contributed by atoms with van der Waals surface area (Å²) in [7, 11) is 0. The van der Waals surface area contributed by atoms with Crippen molar-refractivity contribution in [2.24, 2.45) is 5.92 Å². The van der Waals surface area contributed by atoms with Crippen LogP contribution in [0, 0.1) is 5.92 Å². The van der Waals surface area contributed by atoms with Gasteiger partial charge in [-0.05, 0) is 44.0 Å². The zero-order chi connectivity index (χ0) is 14.7. The summed E-state index contributed by atoms with van der Waals surface area (Å²) in [4.78, 5) is 17.9. The Morgan fingerprint density at radius 2 is 2.00 bits per heavy atom. The zero-order valence-electron chi connectivity index (χ0n) is 12.5. The van der Waals surface area contributed by atoms with Gasteiger partial charge < -0.3 is 14.5 Å². The minimum Gasteiger partial charge on any atom is -0.332 e. The molecule has 0 aromatic heterocycles. The van der Waals surface area contributed by atoms with Crippen molar-refractivity contribution in [3.63, 3.8) is 0 Å². The number of amides is 1. The van der Waals surface area contributed by atoms with Gasteiger partial charge in [-0.25, -0.2) is 0 Å². The number of para-hydroxylation sites is 1. The lowest BCUT2D eigenvalue weighted by Crippen LogP contribution is -2.59. The molecule has 1 aromatic rings. The van der Waals surface area contributed by atoms with Crippen molar-refractivity contribution >= 4 is 29.4 Å². The van der Waals surface area contributed by atoms with Crippen LogP contribution in [-0.4, -0.2) is 54.5 Å². The Labute approximate surface area is 134 Å². The van der Waals surface area contributed by atoms with Crippen molar-refractivity contribution < 1.29 is 4.79 Å². The van der Waals surface area contributed by atoms with E-state index in [9.17, 15) is 4.79 Å². The van der Waals surface area contributed by atoms with Gasteiger partial charge in [-0.2, -0.15) is 0 Å². The van der Waals surface area contributed by atoms with Crippen molar-refractivity contribution in [1.29, 1.82) is 0 Å². The second-order valence-corrected chi connectivity index (χ2v) is 7.53. The first-order valence-electron chi connectivity index (χ1n) is 8.18. The molecule has 5 aliphatic rings. The highest BCUT2D eigenvalue weighted by Crippen LogP contribution is 2.44. The summed E-state index contributed by atoms with van der Waals surface area (Å²) in [6.45, 7) is 5.23. The third kappa shape index (κ3) is 1.80. The van der Waals surface area contributed by atoms with Gasteiger partial charge >= 0.3 is 0 Å². The molecule has 1 amide bonds. The third-order valence-electron chi connectivity index (χ3n) is 5.61. The molecule has 0 aliphatic carbocycles. The molecule has 0 saturated carbocycles. The van der Waals surface area contributed by atoms with E-state index < -0.39 is 0 Å². The number of carbonyl (C=O) groups excluding carboxylic acids is 1. The van der Waals surface area contributed by atoms with Gasteiger partial charge in [0.1, 0.15) is 0 Å². The maximum atomic E-state index is 13.2. The lowest BCUT2D eigenvalue weighted by atomic mass is 9.83. The van der Waals surface area contributed by atoms with Crippen LogP contribution in [0.3, 0.4) is 0 Å². The van der Waals surface area contributed by atoms with Crippen LogP contribution in [0.4, 0.5) is 11.4 Å². The van der Waals surface area contributed by atoms with E-state index in [1.165, 1.54) is 25.9 Å². The smallest absolute Gasteiger partial charge is 0.256 e. The molecule has 1 atom stereocenters. The molecular formula is C16H20N4OS. The number of fused-ring (bicyclic) bond motifs is 3. The van der Waals surface area contributed by atoms with Gasteiger partial charge in [0, 0.05) is 25.7 Å². The monoisotopic (exact) mass is 316 g/mol. The first kappa shape index (κ1) is 13.1. The van der Waals surface area contributed by atoms with Crippen LogP contribution in [-0.2, 0) is 0 Å². The van der Waals surface area contributed by atoms with Crippen molar-refractivity contribution in [3.05, 3.63) is 23.8 Å². The van der Waals surface area contributed by atoms with Crippen LogP contribution in [0.5, 0.6) is 0 Å². The second-order valence-electron chi connectivity index (χ2n) is 6.70. The summed E-state index contributed by atoms with van der Waals surface area (Å²) in [6.07, 6.45) is 2.50. The molecule has 6 heteroatoms. The molecule has 0 spiro atoms. The minimum absolute atomic E-state index is 0.224. The number of piperidine rings is 3. The van der Waals surface area contributed by atoms with Crippen LogP contribution in [0.25, 0.3) is 0 Å². The standard InChI is InChI=1S/C16H20N4OS/c21-16-12-2-1-3-13-15(12)20(22-17-13)9-8-19(16)14-10-18-6-4-11(14)5-7-18/h1-3,11,14,17H,4-10H2/t14-/m1/s1. The van der Waals surface area contributed by atoms with Crippen LogP contribution in [0.15, 0.2) is 18.2 Å². The highest BCUT2D eigenvalue weighted by molar-refractivity contribution is 8.02. The average molecular weight is 316 g/mol. The first-order chi connectivity index (χ1) is 10.8. The summed E-state index contributed by atoms with van der Waals surface area (Å²) in [5.41, 5.74) is 3.02. The first-order valence-corrected chi connectivity index (χ1v) is 8.95. The van der Waals surface area contributed by atoms with E-state index in [-0.39, 0.29) is 5.91 Å². The van der Waals surface area contributed by atoms with E-state index in [1.807, 2.05) is 12.1 Å². The number of nitrogens with zero attached hydrogens (tertiary/aromatic N) is 3. The Balaban J connectivity index is 1.52. The predicted octanol–water partition coefficient (Wildman–Crippen LogP) is 2.03. The molecule has 0 radical (unpaired) electrons. The molecule has 5 nitrogen and oxygen atoms in total. The quantitative estimate of drug-likeness (QED) is 0.803. The molecule has 3 saturated heterocycles. The molecule has 2 bridgehead atoms. The second kappa shape index (κ2) is 4.80. The topological polar surface area (TPSA) is 38.8 Å². The van der Waals surface area contributed by atoms with Crippen LogP contribution in [0.2, 0.25) is 0 Å². The minimum atomic E-state index is 0.224. The Morgan fingerprint density at radius 3 is 2.77 bits per heavy atom. The Morgan fingerprint density at radius 1 is 1.14 bits per heavy atom. The van der Waals surface area contributed by atoms with Gasteiger partial charge in [0.25, 0.3) is 5.91 Å². The highest BCUT2D eigenvalue weighted by atomic mass is 32.2. The van der Waals surface area contributed by atoms with E-state index >= 15 is 0 Å². The molecule has 5 aliphatic heterocycles. The molecule has 22 heavy (non-hydrogen) atoms. The highest BCUT2D eigenvalue weighted by Gasteiger charge is 2.42. The summed E-state index contributed by atoms with van der Waals surface area (Å²) in [5.74, 6) is 0.920. The van der Waals surface area contributed by atoms with Crippen molar-refractivity contribution in [2.75, 3.05) is 41.8 Å². The Hall–Kier alpha value is -1.40. The Bertz CT molecular complexity index is 629. The molecule has 6 rings (SSSR count). The third-order valence-corrected chi connectivity index (χ3v) is 6.51. The van der Waals surface area contributed by atoms with Crippen LogP contribution in [0.1, 0.15) is 23.2 Å². The van der Waals surface area contributed by atoms with Gasteiger partial charge in [0.2, 0.25) is 0 Å². The number of benzene rings is 1. The lowest BCUT2D eigenvalue weighted by molar-refractivity contribution is 0.00916. The van der Waals surface area contributed by atoms with Gasteiger partial charge in [0.15, 0.2) is 0 Å². The van der Waals surface area contributed by atoms with Crippen molar-refractivity contribution in [2.45, 2.75) is 18.9 Å². The number of hydrogen-bond acceptors (Lipinski definition) is 5. The number of nitrogens with one attached hydrogen (secondary N) is 1. The van der Waals surface area contributed by atoms with Crippen LogP contribution >= 0.6 is 12.1 Å². The lowest BCUT2D eigenvalue weighted by Gasteiger charge is -2.48. The van der Waals surface area contributed by atoms with Gasteiger partial charge in [-0.1, -0.05) is 6.07 Å². The van der Waals surface area contributed by atoms with E-state index in [1.54, 1.807) is 12.1 Å². The molecule has 5 heterocycles. The van der Waals surface area contributed by atoms with E-state index in [2.05, 4.69) is 24.9 Å².